The molecule has 0 aliphatic carbocycles. The monoisotopic (exact) mass is 430 g/mol. The number of amides is 1. The summed E-state index contributed by atoms with van der Waals surface area (Å²) >= 11 is 3.20. The molecular formula is C23H18N4OS2. The Balaban J connectivity index is 1.45. The van der Waals surface area contributed by atoms with E-state index in [0.717, 1.165) is 38.7 Å². The lowest BCUT2D eigenvalue weighted by atomic mass is 10.1. The summed E-state index contributed by atoms with van der Waals surface area (Å²) in [6.45, 7) is 2.03. The molecule has 0 saturated heterocycles. The highest BCUT2D eigenvalue weighted by molar-refractivity contribution is 7.14. The number of nitrogens with zero attached hydrogens (tertiary/aromatic N) is 3. The lowest BCUT2D eigenvalue weighted by molar-refractivity contribution is -0.115. The molecule has 7 heteroatoms. The van der Waals surface area contributed by atoms with Crippen LogP contribution in [0.3, 0.4) is 0 Å². The molecule has 0 saturated carbocycles. The fraction of sp³-hybridized carbons (Fsp3) is 0.0870. The number of thiazole rings is 1. The Morgan fingerprint density at radius 1 is 1.07 bits per heavy atom. The number of thiophene rings is 1. The number of benzene rings is 1. The van der Waals surface area contributed by atoms with Crippen LogP contribution in [0.4, 0.5) is 5.82 Å². The molecule has 1 N–H and O–H groups in total. The van der Waals surface area contributed by atoms with E-state index in [4.69, 9.17) is 4.98 Å². The molecule has 5 rings (SSSR count). The molecule has 148 valence electrons. The van der Waals surface area contributed by atoms with Crippen molar-refractivity contribution in [1.29, 1.82) is 0 Å². The Labute approximate surface area is 181 Å². The third-order valence-corrected chi connectivity index (χ3v) is 6.37. The van der Waals surface area contributed by atoms with Crippen molar-refractivity contribution < 1.29 is 4.79 Å². The van der Waals surface area contributed by atoms with Crippen LogP contribution in [0.5, 0.6) is 0 Å². The molecule has 0 spiro atoms. The van der Waals surface area contributed by atoms with Gasteiger partial charge in [-0.15, -0.1) is 11.3 Å². The summed E-state index contributed by atoms with van der Waals surface area (Å²) in [5.41, 5.74) is 5.50. The van der Waals surface area contributed by atoms with Crippen LogP contribution in [0.15, 0.2) is 70.9 Å². The van der Waals surface area contributed by atoms with Crippen LogP contribution in [0, 0.1) is 6.92 Å². The van der Waals surface area contributed by atoms with Crippen molar-refractivity contribution in [2.75, 3.05) is 5.32 Å². The predicted molar refractivity (Wildman–Crippen MR) is 123 cm³/mol. The SMILES string of the molecule is Cc1ccn2c(NC(=O)Cc3csc(-c4ccsc4)n3)c(-c3ccccc3)nc2c1. The van der Waals surface area contributed by atoms with Crippen LogP contribution in [0.2, 0.25) is 0 Å². The van der Waals surface area contributed by atoms with E-state index in [1.54, 1.807) is 22.7 Å². The van der Waals surface area contributed by atoms with Gasteiger partial charge in [-0.25, -0.2) is 9.97 Å². The number of fused-ring (bicyclic) bond motifs is 1. The number of carbonyl (C=O) groups is 1. The smallest absolute Gasteiger partial charge is 0.231 e. The molecule has 5 aromatic rings. The van der Waals surface area contributed by atoms with Gasteiger partial charge in [-0.3, -0.25) is 9.20 Å². The van der Waals surface area contributed by atoms with Crippen LogP contribution in [0.1, 0.15) is 11.3 Å². The van der Waals surface area contributed by atoms with Gasteiger partial charge in [0.25, 0.3) is 0 Å². The summed E-state index contributed by atoms with van der Waals surface area (Å²) in [4.78, 5) is 22.3. The third-order valence-electron chi connectivity index (χ3n) is 4.75. The third kappa shape index (κ3) is 3.65. The number of aromatic nitrogens is 3. The summed E-state index contributed by atoms with van der Waals surface area (Å²) in [6, 6.07) is 16.0. The van der Waals surface area contributed by atoms with Gasteiger partial charge in [-0.2, -0.15) is 11.3 Å². The number of carbonyl (C=O) groups excluding carboxylic acids is 1. The van der Waals surface area contributed by atoms with Crippen molar-refractivity contribution in [1.82, 2.24) is 14.4 Å². The number of hydrogen-bond acceptors (Lipinski definition) is 5. The molecule has 5 nitrogen and oxygen atoms in total. The molecule has 0 fully saturated rings. The molecular weight excluding hydrogens is 412 g/mol. The Morgan fingerprint density at radius 2 is 1.93 bits per heavy atom. The maximum absolute atomic E-state index is 12.9. The summed E-state index contributed by atoms with van der Waals surface area (Å²) in [5.74, 6) is 0.561. The van der Waals surface area contributed by atoms with Gasteiger partial charge in [-0.1, -0.05) is 30.3 Å². The molecule has 1 aromatic carbocycles. The van der Waals surface area contributed by atoms with Gasteiger partial charge >= 0.3 is 0 Å². The number of imidazole rings is 1. The quantitative estimate of drug-likeness (QED) is 0.390. The van der Waals surface area contributed by atoms with Crippen molar-refractivity contribution in [3.63, 3.8) is 0 Å². The van der Waals surface area contributed by atoms with Crippen LogP contribution in [-0.4, -0.2) is 20.3 Å². The predicted octanol–water partition coefficient (Wildman–Crippen LogP) is 5.68. The zero-order valence-corrected chi connectivity index (χ0v) is 17.8. The molecule has 1 amide bonds. The number of aryl methyl sites for hydroxylation is 1. The second-order valence-corrected chi connectivity index (χ2v) is 8.63. The molecule has 0 bridgehead atoms. The van der Waals surface area contributed by atoms with E-state index in [1.165, 1.54) is 0 Å². The Kier molecular flexibility index (Phi) is 4.90. The number of hydrogen-bond donors (Lipinski definition) is 1. The minimum atomic E-state index is -0.114. The van der Waals surface area contributed by atoms with Gasteiger partial charge in [0.05, 0.1) is 12.1 Å². The first-order valence-corrected chi connectivity index (χ1v) is 11.3. The fourth-order valence-electron chi connectivity index (χ4n) is 3.31. The first kappa shape index (κ1) is 18.7. The first-order chi connectivity index (χ1) is 14.7. The van der Waals surface area contributed by atoms with E-state index in [9.17, 15) is 4.79 Å². The summed E-state index contributed by atoms with van der Waals surface area (Å²) < 4.78 is 1.92. The standard InChI is InChI=1S/C23H18N4OS2/c1-15-7-9-27-19(11-15)25-21(16-5-3-2-4-6-16)22(27)26-20(28)12-18-14-30-23(24-18)17-8-10-29-13-17/h2-11,13-14H,12H2,1H3,(H,26,28). The molecule has 0 unspecified atom stereocenters. The fourth-order valence-corrected chi connectivity index (χ4v) is 4.84. The average Bonchev–Trinajstić information content (AvgIpc) is 3.49. The summed E-state index contributed by atoms with van der Waals surface area (Å²) in [7, 11) is 0. The molecule has 0 radical (unpaired) electrons. The van der Waals surface area contributed by atoms with E-state index in [2.05, 4.69) is 15.7 Å². The molecule has 0 aliphatic heterocycles. The van der Waals surface area contributed by atoms with Gasteiger partial charge in [0.1, 0.15) is 22.2 Å². The normalized spacial score (nSPS) is 11.1. The zero-order chi connectivity index (χ0) is 20.5. The highest BCUT2D eigenvalue weighted by atomic mass is 32.1. The molecule has 0 atom stereocenters. The van der Waals surface area contributed by atoms with Crippen molar-refractivity contribution in [3.8, 4) is 21.8 Å². The van der Waals surface area contributed by atoms with Crippen molar-refractivity contribution in [3.05, 3.63) is 82.1 Å². The van der Waals surface area contributed by atoms with Crippen LogP contribution >= 0.6 is 22.7 Å². The maximum Gasteiger partial charge on any atom is 0.231 e. The number of rotatable bonds is 5. The largest absolute Gasteiger partial charge is 0.310 e. The van der Waals surface area contributed by atoms with Gasteiger partial charge < -0.3 is 5.32 Å². The zero-order valence-electron chi connectivity index (χ0n) is 16.2. The van der Waals surface area contributed by atoms with E-state index in [-0.39, 0.29) is 12.3 Å². The lowest BCUT2D eigenvalue weighted by Crippen LogP contribution is -2.16. The molecule has 4 aromatic heterocycles. The average molecular weight is 431 g/mol. The summed E-state index contributed by atoms with van der Waals surface area (Å²) in [6.07, 6.45) is 2.16. The topological polar surface area (TPSA) is 59.3 Å². The van der Waals surface area contributed by atoms with Gasteiger partial charge in [0, 0.05) is 28.1 Å². The minimum Gasteiger partial charge on any atom is -0.310 e. The minimum absolute atomic E-state index is 0.114. The second-order valence-electron chi connectivity index (χ2n) is 6.99. The number of pyridine rings is 1. The van der Waals surface area contributed by atoms with Crippen molar-refractivity contribution in [2.45, 2.75) is 13.3 Å². The Morgan fingerprint density at radius 3 is 2.73 bits per heavy atom. The van der Waals surface area contributed by atoms with Crippen LogP contribution < -0.4 is 5.32 Å². The molecule has 4 heterocycles. The van der Waals surface area contributed by atoms with Crippen LogP contribution in [0.25, 0.3) is 27.5 Å². The Hall–Kier alpha value is -3.29. The maximum atomic E-state index is 12.9. The highest BCUT2D eigenvalue weighted by Gasteiger charge is 2.17. The van der Waals surface area contributed by atoms with E-state index in [0.29, 0.717) is 5.82 Å². The number of anilines is 1. The van der Waals surface area contributed by atoms with Gasteiger partial charge in [0.15, 0.2) is 0 Å². The van der Waals surface area contributed by atoms with Crippen LogP contribution in [-0.2, 0) is 11.2 Å². The van der Waals surface area contributed by atoms with E-state index >= 15 is 0 Å². The van der Waals surface area contributed by atoms with E-state index in [1.807, 2.05) is 76.8 Å². The number of nitrogens with one attached hydrogen (secondary N) is 1. The van der Waals surface area contributed by atoms with E-state index < -0.39 is 0 Å². The first-order valence-electron chi connectivity index (χ1n) is 9.48. The second kappa shape index (κ2) is 7.85. The highest BCUT2D eigenvalue weighted by Crippen LogP contribution is 2.30. The Bertz CT molecular complexity index is 1320. The van der Waals surface area contributed by atoms with Crippen molar-refractivity contribution in [2.24, 2.45) is 0 Å². The van der Waals surface area contributed by atoms with Gasteiger partial charge in [0.2, 0.25) is 5.91 Å². The molecule has 30 heavy (non-hydrogen) atoms. The van der Waals surface area contributed by atoms with Gasteiger partial charge in [-0.05, 0) is 36.1 Å². The van der Waals surface area contributed by atoms with Crippen molar-refractivity contribution >= 4 is 40.0 Å². The summed E-state index contributed by atoms with van der Waals surface area (Å²) in [5, 5.41) is 10.1. The molecule has 0 aliphatic rings. The lowest BCUT2D eigenvalue weighted by Gasteiger charge is -2.07.